The number of nitrogens with zero attached hydrogens (tertiary/aromatic N) is 1. The van der Waals surface area contributed by atoms with E-state index in [1.54, 1.807) is 0 Å². The molecule has 0 aliphatic heterocycles. The van der Waals surface area contributed by atoms with E-state index in [0.717, 1.165) is 24.4 Å². The first-order chi connectivity index (χ1) is 9.16. The second-order valence-electron chi connectivity index (χ2n) is 5.65. The number of anilines is 1. The maximum atomic E-state index is 12.2. The molecule has 1 aromatic carbocycles. The maximum absolute atomic E-state index is 12.2. The third-order valence-corrected chi connectivity index (χ3v) is 4.07. The van der Waals surface area contributed by atoms with Gasteiger partial charge in [-0.15, -0.1) is 0 Å². The van der Waals surface area contributed by atoms with Crippen LogP contribution in [0, 0.1) is 5.92 Å². The van der Waals surface area contributed by atoms with Crippen LogP contribution in [-0.4, -0.2) is 30.4 Å². The molecule has 1 aliphatic carbocycles. The lowest BCUT2D eigenvalue weighted by atomic mass is 9.86. The van der Waals surface area contributed by atoms with Gasteiger partial charge in [0.25, 0.3) is 0 Å². The fourth-order valence-electron chi connectivity index (χ4n) is 2.82. The highest BCUT2D eigenvalue weighted by Crippen LogP contribution is 2.26. The molecule has 2 rings (SSSR count). The molecule has 0 heterocycles. The number of carbonyl (C=O) groups is 1. The Kier molecular flexibility index (Phi) is 4.83. The lowest BCUT2D eigenvalue weighted by molar-refractivity contribution is -0.130. The van der Waals surface area contributed by atoms with Gasteiger partial charge in [0.15, 0.2) is 0 Å². The van der Waals surface area contributed by atoms with Crippen molar-refractivity contribution in [1.82, 2.24) is 4.90 Å². The zero-order valence-corrected chi connectivity index (χ0v) is 11.9. The topological polar surface area (TPSA) is 32.3 Å². The van der Waals surface area contributed by atoms with Crippen molar-refractivity contribution in [2.75, 3.05) is 18.9 Å². The summed E-state index contributed by atoms with van der Waals surface area (Å²) in [7, 11) is 1.94. The van der Waals surface area contributed by atoms with Gasteiger partial charge in [0.1, 0.15) is 0 Å². The molecule has 2 atom stereocenters. The van der Waals surface area contributed by atoms with Crippen molar-refractivity contribution in [1.29, 1.82) is 0 Å². The third-order valence-electron chi connectivity index (χ3n) is 4.07. The fourth-order valence-corrected chi connectivity index (χ4v) is 2.82. The van der Waals surface area contributed by atoms with Crippen LogP contribution in [-0.2, 0) is 4.79 Å². The van der Waals surface area contributed by atoms with Crippen molar-refractivity contribution in [3.05, 3.63) is 30.3 Å². The lowest BCUT2D eigenvalue weighted by Gasteiger charge is -2.34. The van der Waals surface area contributed by atoms with Gasteiger partial charge in [0.2, 0.25) is 5.91 Å². The maximum Gasteiger partial charge on any atom is 0.241 e. The molecule has 0 radical (unpaired) electrons. The summed E-state index contributed by atoms with van der Waals surface area (Å²) in [5.41, 5.74) is 1.00. The Morgan fingerprint density at radius 3 is 2.74 bits per heavy atom. The molecule has 1 saturated carbocycles. The molecule has 104 valence electrons. The predicted molar refractivity (Wildman–Crippen MR) is 79.1 cm³/mol. The van der Waals surface area contributed by atoms with E-state index in [1.807, 2.05) is 42.3 Å². The van der Waals surface area contributed by atoms with E-state index < -0.39 is 0 Å². The van der Waals surface area contributed by atoms with Crippen LogP contribution in [0.3, 0.4) is 0 Å². The number of para-hydroxylation sites is 1. The van der Waals surface area contributed by atoms with Crippen LogP contribution < -0.4 is 5.32 Å². The molecule has 0 bridgehead atoms. The number of amides is 1. The molecule has 2 unspecified atom stereocenters. The molecule has 0 spiro atoms. The Morgan fingerprint density at radius 1 is 1.32 bits per heavy atom. The molecule has 1 amide bonds. The summed E-state index contributed by atoms with van der Waals surface area (Å²) in [6, 6.07) is 10.3. The SMILES string of the molecule is CC1CCCC(N(C)C(=O)CNc2ccccc2)C1. The average Bonchev–Trinajstić information content (AvgIpc) is 2.45. The van der Waals surface area contributed by atoms with Crippen LogP contribution in [0.1, 0.15) is 32.6 Å². The number of hydrogen-bond acceptors (Lipinski definition) is 2. The number of likely N-dealkylation sites (N-methyl/N-ethyl adjacent to an activating group) is 1. The summed E-state index contributed by atoms with van der Waals surface area (Å²) < 4.78 is 0. The Labute approximate surface area is 116 Å². The number of nitrogens with one attached hydrogen (secondary N) is 1. The number of rotatable bonds is 4. The summed E-state index contributed by atoms with van der Waals surface area (Å²) in [5.74, 6) is 0.930. The zero-order valence-electron chi connectivity index (χ0n) is 11.9. The van der Waals surface area contributed by atoms with Crippen molar-refractivity contribution in [2.24, 2.45) is 5.92 Å². The molecular formula is C16H24N2O. The van der Waals surface area contributed by atoms with Crippen molar-refractivity contribution in [3.63, 3.8) is 0 Å². The first-order valence-electron chi connectivity index (χ1n) is 7.21. The number of hydrogen-bond donors (Lipinski definition) is 1. The van der Waals surface area contributed by atoms with Crippen molar-refractivity contribution >= 4 is 11.6 Å². The van der Waals surface area contributed by atoms with Gasteiger partial charge in [0.05, 0.1) is 6.54 Å². The molecular weight excluding hydrogens is 236 g/mol. The molecule has 1 N–H and O–H groups in total. The molecule has 3 heteroatoms. The van der Waals surface area contributed by atoms with Gasteiger partial charge in [-0.05, 0) is 30.9 Å². The van der Waals surface area contributed by atoms with Crippen molar-refractivity contribution < 1.29 is 4.79 Å². The first-order valence-corrected chi connectivity index (χ1v) is 7.21. The Hall–Kier alpha value is -1.51. The fraction of sp³-hybridized carbons (Fsp3) is 0.562. The van der Waals surface area contributed by atoms with Crippen molar-refractivity contribution in [3.8, 4) is 0 Å². The Morgan fingerprint density at radius 2 is 2.05 bits per heavy atom. The molecule has 1 aliphatic rings. The number of benzene rings is 1. The van der Waals surface area contributed by atoms with Crippen LogP contribution in [0.4, 0.5) is 5.69 Å². The van der Waals surface area contributed by atoms with E-state index in [4.69, 9.17) is 0 Å². The Bertz CT molecular complexity index is 404. The van der Waals surface area contributed by atoms with Crippen molar-refractivity contribution in [2.45, 2.75) is 38.6 Å². The smallest absolute Gasteiger partial charge is 0.241 e. The Balaban J connectivity index is 1.82. The van der Waals surface area contributed by atoms with E-state index in [-0.39, 0.29) is 5.91 Å². The predicted octanol–water partition coefficient (Wildman–Crippen LogP) is 3.14. The molecule has 0 aromatic heterocycles. The quantitative estimate of drug-likeness (QED) is 0.902. The van der Waals surface area contributed by atoms with Crippen LogP contribution in [0.5, 0.6) is 0 Å². The minimum atomic E-state index is 0.183. The third kappa shape index (κ3) is 3.98. The first kappa shape index (κ1) is 13.9. The second kappa shape index (κ2) is 6.60. The molecule has 0 saturated heterocycles. The van der Waals surface area contributed by atoms with Gasteiger partial charge in [0, 0.05) is 18.8 Å². The minimum Gasteiger partial charge on any atom is -0.376 e. The average molecular weight is 260 g/mol. The zero-order chi connectivity index (χ0) is 13.7. The van der Waals surface area contributed by atoms with E-state index in [2.05, 4.69) is 12.2 Å². The van der Waals surface area contributed by atoms with Gasteiger partial charge in [-0.25, -0.2) is 0 Å². The van der Waals surface area contributed by atoms with Gasteiger partial charge in [-0.3, -0.25) is 4.79 Å². The second-order valence-corrected chi connectivity index (χ2v) is 5.65. The normalized spacial score (nSPS) is 22.8. The van der Waals surface area contributed by atoms with Crippen LogP contribution in [0.15, 0.2) is 30.3 Å². The standard InChI is InChI=1S/C16H24N2O/c1-13-7-6-10-15(11-13)18(2)16(19)12-17-14-8-4-3-5-9-14/h3-5,8-9,13,15,17H,6-7,10-12H2,1-2H3. The van der Waals surface area contributed by atoms with Gasteiger partial charge in [-0.1, -0.05) is 38.0 Å². The molecule has 1 fully saturated rings. The minimum absolute atomic E-state index is 0.183. The largest absolute Gasteiger partial charge is 0.376 e. The monoisotopic (exact) mass is 260 g/mol. The van der Waals surface area contributed by atoms with Gasteiger partial charge >= 0.3 is 0 Å². The molecule has 19 heavy (non-hydrogen) atoms. The van der Waals surface area contributed by atoms with E-state index >= 15 is 0 Å². The van der Waals surface area contributed by atoms with Crippen LogP contribution in [0.25, 0.3) is 0 Å². The highest BCUT2D eigenvalue weighted by molar-refractivity contribution is 5.80. The highest BCUT2D eigenvalue weighted by Gasteiger charge is 2.24. The van der Waals surface area contributed by atoms with E-state index in [1.165, 1.54) is 12.8 Å². The summed E-state index contributed by atoms with van der Waals surface area (Å²) in [5, 5.41) is 3.18. The van der Waals surface area contributed by atoms with Crippen LogP contribution >= 0.6 is 0 Å². The molecule has 3 nitrogen and oxygen atoms in total. The summed E-state index contributed by atoms with van der Waals surface area (Å²) in [4.78, 5) is 14.1. The highest BCUT2D eigenvalue weighted by atomic mass is 16.2. The summed E-state index contributed by atoms with van der Waals surface area (Å²) >= 11 is 0. The lowest BCUT2D eigenvalue weighted by Crippen LogP contribution is -2.42. The molecule has 1 aromatic rings. The van der Waals surface area contributed by atoms with Gasteiger partial charge in [-0.2, -0.15) is 0 Å². The van der Waals surface area contributed by atoms with E-state index in [9.17, 15) is 4.79 Å². The number of carbonyl (C=O) groups excluding carboxylic acids is 1. The summed E-state index contributed by atoms with van der Waals surface area (Å²) in [6.07, 6.45) is 4.85. The van der Waals surface area contributed by atoms with E-state index in [0.29, 0.717) is 12.6 Å². The van der Waals surface area contributed by atoms with Crippen LogP contribution in [0.2, 0.25) is 0 Å². The summed E-state index contributed by atoms with van der Waals surface area (Å²) in [6.45, 7) is 2.66. The van der Waals surface area contributed by atoms with Gasteiger partial charge < -0.3 is 10.2 Å².